The van der Waals surface area contributed by atoms with Crippen LogP contribution in [0, 0.1) is 17.8 Å². The minimum atomic E-state index is -4.52. The van der Waals surface area contributed by atoms with E-state index < -0.39 is 59.7 Å². The summed E-state index contributed by atoms with van der Waals surface area (Å²) in [5.41, 5.74) is -0.361. The minimum Gasteiger partial charge on any atom is -0.481 e. The number of thiazole rings is 1. The number of carbonyl (C=O) groups excluding carboxylic acids is 4. The second-order valence-electron chi connectivity index (χ2n) is 15.1. The van der Waals surface area contributed by atoms with Crippen molar-refractivity contribution in [1.82, 2.24) is 25.4 Å². The molecule has 0 spiro atoms. The summed E-state index contributed by atoms with van der Waals surface area (Å²) in [6.45, 7) is 10.2. The van der Waals surface area contributed by atoms with Crippen LogP contribution in [0.1, 0.15) is 99.4 Å². The second-order valence-corrected chi connectivity index (χ2v) is 17.1. The van der Waals surface area contributed by atoms with Crippen LogP contribution in [0.4, 0.5) is 13.2 Å². The summed E-state index contributed by atoms with van der Waals surface area (Å²) >= 11 is 2.81. The van der Waals surface area contributed by atoms with E-state index in [0.29, 0.717) is 10.6 Å². The Bertz CT molecular complexity index is 1670. The van der Waals surface area contributed by atoms with E-state index in [2.05, 4.69) is 20.5 Å². The Morgan fingerprint density at radius 1 is 1.05 bits per heavy atom. The SMILES string of the molecule is CCN1CCCC[C@@H]1C(=O)N[C@H](C(=O)N(C)[C@H](C[C@@H](OC(C)=O)c1nc(C(=O)N[C@@H](Cc2ccc(C(F)(F)F)cc2)C[C@H](C)C(=O)O)cs1)C(C)C)C1CSC1. The quantitative estimate of drug-likeness (QED) is 0.157. The van der Waals surface area contributed by atoms with E-state index in [0.717, 1.165) is 67.3 Å². The largest absolute Gasteiger partial charge is 0.481 e. The summed E-state index contributed by atoms with van der Waals surface area (Å²) in [5, 5.41) is 17.3. The summed E-state index contributed by atoms with van der Waals surface area (Å²) < 4.78 is 45.1. The highest BCUT2D eigenvalue weighted by atomic mass is 32.2. The van der Waals surface area contributed by atoms with Gasteiger partial charge >= 0.3 is 18.1 Å². The van der Waals surface area contributed by atoms with Crippen LogP contribution in [0.2, 0.25) is 0 Å². The third-order valence-corrected chi connectivity index (χ3v) is 12.9. The molecule has 310 valence electrons. The lowest BCUT2D eigenvalue weighted by Gasteiger charge is -2.41. The topological polar surface area (TPSA) is 158 Å². The van der Waals surface area contributed by atoms with Gasteiger partial charge in [0.15, 0.2) is 6.10 Å². The number of benzene rings is 1. The molecule has 17 heteroatoms. The number of esters is 1. The third kappa shape index (κ3) is 12.2. The number of ether oxygens (including phenoxy) is 1. The number of carboxylic acids is 1. The van der Waals surface area contributed by atoms with Gasteiger partial charge in [0, 0.05) is 43.8 Å². The molecule has 56 heavy (non-hydrogen) atoms. The van der Waals surface area contributed by atoms with Crippen LogP contribution in [0.15, 0.2) is 29.6 Å². The first kappa shape index (κ1) is 45.0. The van der Waals surface area contributed by atoms with E-state index >= 15 is 0 Å². The molecule has 2 saturated heterocycles. The normalized spacial score (nSPS) is 19.2. The Labute approximate surface area is 334 Å². The Balaban J connectivity index is 1.51. The molecule has 1 aromatic heterocycles. The van der Waals surface area contributed by atoms with Gasteiger partial charge in [-0.25, -0.2) is 4.98 Å². The van der Waals surface area contributed by atoms with Gasteiger partial charge in [0.2, 0.25) is 11.8 Å². The number of rotatable bonds is 18. The maximum atomic E-state index is 14.3. The average molecular weight is 826 g/mol. The first-order valence-electron chi connectivity index (χ1n) is 19.1. The van der Waals surface area contributed by atoms with Crippen molar-refractivity contribution in [1.29, 1.82) is 0 Å². The van der Waals surface area contributed by atoms with Crippen molar-refractivity contribution < 1.29 is 47.0 Å². The molecule has 3 N–H and O–H groups in total. The highest BCUT2D eigenvalue weighted by Crippen LogP contribution is 2.34. The van der Waals surface area contributed by atoms with E-state index in [-0.39, 0.29) is 54.6 Å². The van der Waals surface area contributed by atoms with Crippen molar-refractivity contribution in [2.24, 2.45) is 17.8 Å². The molecule has 12 nitrogen and oxygen atoms in total. The molecule has 0 unspecified atom stereocenters. The summed E-state index contributed by atoms with van der Waals surface area (Å²) in [7, 11) is 1.69. The number of thioether (sulfide) groups is 1. The lowest BCUT2D eigenvalue weighted by Crippen LogP contribution is -2.60. The molecule has 0 radical (unpaired) electrons. The predicted molar refractivity (Wildman–Crippen MR) is 208 cm³/mol. The van der Waals surface area contributed by atoms with Gasteiger partial charge in [0.1, 0.15) is 16.7 Å². The zero-order valence-electron chi connectivity index (χ0n) is 32.8. The first-order valence-corrected chi connectivity index (χ1v) is 21.1. The maximum absolute atomic E-state index is 14.3. The molecule has 2 fully saturated rings. The van der Waals surface area contributed by atoms with Gasteiger partial charge < -0.3 is 25.4 Å². The molecule has 1 aromatic carbocycles. The van der Waals surface area contributed by atoms with Crippen LogP contribution in [0.25, 0.3) is 0 Å². The fourth-order valence-corrected chi connectivity index (χ4v) is 8.99. The third-order valence-electron chi connectivity index (χ3n) is 10.6. The van der Waals surface area contributed by atoms with E-state index in [1.807, 2.05) is 20.8 Å². The summed E-state index contributed by atoms with van der Waals surface area (Å²) in [6, 6.07) is 2.26. The Morgan fingerprint density at radius 2 is 1.73 bits per heavy atom. The Kier molecular flexibility index (Phi) is 16.2. The smallest absolute Gasteiger partial charge is 0.416 e. The van der Waals surface area contributed by atoms with E-state index in [1.54, 1.807) is 23.7 Å². The molecule has 4 rings (SSSR count). The zero-order valence-corrected chi connectivity index (χ0v) is 34.4. The minimum absolute atomic E-state index is 0.00407. The number of carboxylic acid groups (broad SMARTS) is 1. The molecule has 0 saturated carbocycles. The summed E-state index contributed by atoms with van der Waals surface area (Å²) in [6.07, 6.45) is -2.48. The fourth-order valence-electron chi connectivity index (χ4n) is 7.26. The van der Waals surface area contributed by atoms with Gasteiger partial charge in [0.25, 0.3) is 5.91 Å². The number of likely N-dealkylation sites (N-methyl/N-ethyl adjacent to an activating group) is 2. The average Bonchev–Trinajstić information content (AvgIpc) is 3.62. The molecule has 3 amide bonds. The van der Waals surface area contributed by atoms with Crippen LogP contribution < -0.4 is 10.6 Å². The Morgan fingerprint density at radius 3 is 2.29 bits per heavy atom. The lowest BCUT2D eigenvalue weighted by molar-refractivity contribution is -0.149. The number of nitrogens with zero attached hydrogens (tertiary/aromatic N) is 3. The van der Waals surface area contributed by atoms with Crippen molar-refractivity contribution >= 4 is 52.8 Å². The highest BCUT2D eigenvalue weighted by molar-refractivity contribution is 8.00. The fraction of sp³-hybridized carbons (Fsp3) is 0.641. The van der Waals surface area contributed by atoms with E-state index in [1.165, 1.54) is 31.4 Å². The molecule has 2 aliphatic heterocycles. The standard InChI is InChI=1S/C39H54F3N5O7S2/c1-7-47-15-9-8-10-30(47)35(50)45-33(26-19-55-20-26)37(51)46(6)31(22(2)3)18-32(54-24(5)48)36-44-29(21-56-36)34(49)43-28(16-23(4)38(52)53)17-25-11-13-27(14-12-25)39(40,41)42/h11-14,21-23,26,28,30-33H,7-10,15-20H2,1-6H3,(H,43,49)(H,45,50)(H,52,53)/t23-,28+,30+,31+,32+,33-/m0/s1. The van der Waals surface area contributed by atoms with Crippen LogP contribution in [-0.2, 0) is 36.5 Å². The molecule has 6 atom stereocenters. The van der Waals surface area contributed by atoms with E-state index in [9.17, 15) is 42.3 Å². The molecule has 0 aliphatic carbocycles. The number of nitrogens with one attached hydrogen (secondary N) is 2. The maximum Gasteiger partial charge on any atom is 0.416 e. The van der Waals surface area contributed by atoms with Gasteiger partial charge in [-0.15, -0.1) is 11.3 Å². The molecular weight excluding hydrogens is 772 g/mol. The summed E-state index contributed by atoms with van der Waals surface area (Å²) in [5.74, 6) is -2.16. The Hall–Kier alpha value is -3.70. The van der Waals surface area contributed by atoms with Crippen LogP contribution in [0.3, 0.4) is 0 Å². The summed E-state index contributed by atoms with van der Waals surface area (Å²) in [4.78, 5) is 73.7. The van der Waals surface area contributed by atoms with Crippen LogP contribution in [0.5, 0.6) is 0 Å². The number of aromatic nitrogens is 1. The van der Waals surface area contributed by atoms with Crippen molar-refractivity contribution in [3.05, 3.63) is 51.5 Å². The van der Waals surface area contributed by atoms with Crippen molar-refractivity contribution in [3.63, 3.8) is 0 Å². The number of carbonyl (C=O) groups is 5. The monoisotopic (exact) mass is 825 g/mol. The predicted octanol–water partition coefficient (Wildman–Crippen LogP) is 5.81. The van der Waals surface area contributed by atoms with Gasteiger partial charge in [-0.05, 0) is 73.9 Å². The van der Waals surface area contributed by atoms with Crippen molar-refractivity contribution in [2.45, 2.75) is 110 Å². The molecule has 0 bridgehead atoms. The molecule has 2 aromatic rings. The van der Waals surface area contributed by atoms with Gasteiger partial charge in [0.05, 0.1) is 17.5 Å². The number of halogens is 3. The zero-order chi connectivity index (χ0) is 41.3. The molecular formula is C39H54F3N5O7S2. The van der Waals surface area contributed by atoms with Crippen LogP contribution >= 0.6 is 23.1 Å². The number of aliphatic carboxylic acids is 1. The molecule has 2 aliphatic rings. The number of hydrogen-bond donors (Lipinski definition) is 3. The number of piperidine rings is 1. The van der Waals surface area contributed by atoms with Gasteiger partial charge in [-0.1, -0.05) is 46.2 Å². The number of hydrogen-bond acceptors (Lipinski definition) is 10. The second kappa shape index (κ2) is 20.1. The first-order chi connectivity index (χ1) is 26.4. The van der Waals surface area contributed by atoms with Gasteiger partial charge in [-0.3, -0.25) is 28.9 Å². The van der Waals surface area contributed by atoms with E-state index in [4.69, 9.17) is 4.74 Å². The highest BCUT2D eigenvalue weighted by Gasteiger charge is 2.41. The van der Waals surface area contributed by atoms with Crippen molar-refractivity contribution in [2.75, 3.05) is 31.6 Å². The lowest BCUT2D eigenvalue weighted by atomic mass is 9.93. The van der Waals surface area contributed by atoms with Crippen molar-refractivity contribution in [3.8, 4) is 0 Å². The van der Waals surface area contributed by atoms with Gasteiger partial charge in [-0.2, -0.15) is 24.9 Å². The number of alkyl halides is 3. The molecule has 3 heterocycles. The number of amides is 3. The number of likely N-dealkylation sites (tertiary alicyclic amines) is 1. The van der Waals surface area contributed by atoms with Crippen LogP contribution in [-0.4, -0.2) is 105 Å².